The summed E-state index contributed by atoms with van der Waals surface area (Å²) < 4.78 is 2.08. The first-order chi connectivity index (χ1) is 10.5. The van der Waals surface area contributed by atoms with Gasteiger partial charge in [0.2, 0.25) is 0 Å². The van der Waals surface area contributed by atoms with Crippen LogP contribution in [0.25, 0.3) is 16.9 Å². The van der Waals surface area contributed by atoms with E-state index in [0.29, 0.717) is 4.99 Å². The summed E-state index contributed by atoms with van der Waals surface area (Å²) in [5.74, 6) is -0.0380. The Balaban J connectivity index is 2.30. The van der Waals surface area contributed by atoms with Crippen molar-refractivity contribution >= 4 is 22.9 Å². The Hall–Kier alpha value is -2.20. The van der Waals surface area contributed by atoms with Gasteiger partial charge >= 0.3 is 0 Å². The van der Waals surface area contributed by atoms with Crippen molar-refractivity contribution in [1.29, 1.82) is 0 Å². The molecule has 3 nitrogen and oxygen atoms in total. The van der Waals surface area contributed by atoms with Crippen LogP contribution in [0.15, 0.2) is 42.6 Å². The Bertz CT molecular complexity index is 864. The maximum atomic E-state index is 5.91. The molecular formula is C18H19N3S. The molecule has 1 unspecified atom stereocenters. The normalized spacial score (nSPS) is 12.5. The van der Waals surface area contributed by atoms with E-state index < -0.39 is 0 Å². The van der Waals surface area contributed by atoms with Crippen molar-refractivity contribution in [3.05, 3.63) is 59.4 Å². The van der Waals surface area contributed by atoms with Crippen LogP contribution >= 0.6 is 12.2 Å². The first-order valence-electron chi connectivity index (χ1n) is 7.33. The molecule has 0 aliphatic rings. The zero-order chi connectivity index (χ0) is 15.9. The lowest BCUT2D eigenvalue weighted by molar-refractivity contribution is 0.930. The Morgan fingerprint density at radius 2 is 1.95 bits per heavy atom. The van der Waals surface area contributed by atoms with E-state index >= 15 is 0 Å². The number of thiocarbonyl (C=S) groups is 1. The highest BCUT2D eigenvalue weighted by Crippen LogP contribution is 2.31. The first kappa shape index (κ1) is 14.7. The summed E-state index contributed by atoms with van der Waals surface area (Å²) in [7, 11) is 0. The third-order valence-electron chi connectivity index (χ3n) is 4.18. The third kappa shape index (κ3) is 2.40. The summed E-state index contributed by atoms with van der Waals surface area (Å²) in [6, 6.07) is 12.4. The van der Waals surface area contributed by atoms with Crippen molar-refractivity contribution in [2.45, 2.75) is 26.7 Å². The van der Waals surface area contributed by atoms with Gasteiger partial charge < -0.3 is 10.1 Å². The maximum Gasteiger partial charge on any atom is 0.137 e. The lowest BCUT2D eigenvalue weighted by Gasteiger charge is -2.13. The highest BCUT2D eigenvalue weighted by atomic mass is 32.1. The van der Waals surface area contributed by atoms with Crippen molar-refractivity contribution < 1.29 is 0 Å². The summed E-state index contributed by atoms with van der Waals surface area (Å²) in [6.07, 6.45) is 2.01. The highest BCUT2D eigenvalue weighted by Gasteiger charge is 2.21. The molecule has 2 heterocycles. The van der Waals surface area contributed by atoms with Crippen molar-refractivity contribution in [2.75, 3.05) is 0 Å². The Labute approximate surface area is 135 Å². The largest absolute Gasteiger partial charge is 0.393 e. The molecule has 2 aromatic heterocycles. The number of imidazole rings is 1. The second-order valence-corrected chi connectivity index (χ2v) is 6.17. The summed E-state index contributed by atoms with van der Waals surface area (Å²) in [4.78, 5) is 5.29. The molecule has 0 amide bonds. The topological polar surface area (TPSA) is 43.3 Å². The van der Waals surface area contributed by atoms with Gasteiger partial charge in [-0.1, -0.05) is 37.3 Å². The molecule has 22 heavy (non-hydrogen) atoms. The molecule has 0 fully saturated rings. The van der Waals surface area contributed by atoms with Gasteiger partial charge in [-0.3, -0.25) is 0 Å². The van der Waals surface area contributed by atoms with Gasteiger partial charge in [0.15, 0.2) is 0 Å². The summed E-state index contributed by atoms with van der Waals surface area (Å²) in [5, 5.41) is 0. The van der Waals surface area contributed by atoms with Gasteiger partial charge in [0.1, 0.15) is 5.65 Å². The molecule has 0 bridgehead atoms. The molecule has 0 saturated heterocycles. The number of hydrogen-bond donors (Lipinski definition) is 1. The second kappa shape index (κ2) is 5.54. The van der Waals surface area contributed by atoms with Gasteiger partial charge in [-0.05, 0) is 43.2 Å². The van der Waals surface area contributed by atoms with Crippen LogP contribution in [0.3, 0.4) is 0 Å². The minimum atomic E-state index is -0.0380. The van der Waals surface area contributed by atoms with Crippen LogP contribution in [-0.4, -0.2) is 14.4 Å². The lowest BCUT2D eigenvalue weighted by atomic mass is 9.99. The summed E-state index contributed by atoms with van der Waals surface area (Å²) in [6.45, 7) is 6.26. The molecule has 0 aliphatic heterocycles. The molecule has 0 aliphatic carbocycles. The smallest absolute Gasteiger partial charge is 0.137 e. The fourth-order valence-electron chi connectivity index (χ4n) is 2.66. The van der Waals surface area contributed by atoms with Crippen LogP contribution < -0.4 is 5.73 Å². The number of hydrogen-bond acceptors (Lipinski definition) is 2. The molecular weight excluding hydrogens is 290 g/mol. The quantitative estimate of drug-likeness (QED) is 0.743. The molecule has 2 N–H and O–H groups in total. The van der Waals surface area contributed by atoms with E-state index in [1.54, 1.807) is 0 Å². The highest BCUT2D eigenvalue weighted by molar-refractivity contribution is 7.80. The molecule has 4 heteroatoms. The van der Waals surface area contributed by atoms with Gasteiger partial charge in [0, 0.05) is 17.7 Å². The minimum Gasteiger partial charge on any atom is -0.393 e. The molecule has 1 atom stereocenters. The number of pyridine rings is 1. The van der Waals surface area contributed by atoms with E-state index in [0.717, 1.165) is 22.6 Å². The van der Waals surface area contributed by atoms with E-state index in [-0.39, 0.29) is 5.92 Å². The van der Waals surface area contributed by atoms with Gasteiger partial charge in [-0.15, -0.1) is 0 Å². The fraction of sp³-hybridized carbons (Fsp3) is 0.222. The van der Waals surface area contributed by atoms with Gasteiger partial charge in [-0.25, -0.2) is 4.98 Å². The van der Waals surface area contributed by atoms with Crippen molar-refractivity contribution in [2.24, 2.45) is 5.73 Å². The number of benzene rings is 1. The van der Waals surface area contributed by atoms with Crippen LogP contribution in [0.5, 0.6) is 0 Å². The van der Waals surface area contributed by atoms with E-state index in [1.165, 1.54) is 11.1 Å². The van der Waals surface area contributed by atoms with Crippen LogP contribution in [0, 0.1) is 13.8 Å². The number of aryl methyl sites for hydroxylation is 2. The Morgan fingerprint density at radius 3 is 2.64 bits per heavy atom. The number of rotatable bonds is 3. The van der Waals surface area contributed by atoms with Crippen LogP contribution in [0.1, 0.15) is 29.7 Å². The standard InChI is InChI=1S/C18H19N3S/c1-11-7-8-14(10-12(11)2)16-17(13(3)18(19)22)21-9-5-4-6-15(21)20-16/h4-10,13H,1-3H3,(H2,19,22). The Kier molecular flexibility index (Phi) is 3.71. The fourth-order valence-corrected chi connectivity index (χ4v) is 2.78. The Morgan fingerprint density at radius 1 is 1.18 bits per heavy atom. The predicted octanol–water partition coefficient (Wildman–Crippen LogP) is 4.01. The van der Waals surface area contributed by atoms with Crippen molar-refractivity contribution in [1.82, 2.24) is 9.38 Å². The molecule has 112 valence electrons. The zero-order valence-corrected chi connectivity index (χ0v) is 13.8. The number of fused-ring (bicyclic) bond motifs is 1. The first-order valence-corrected chi connectivity index (χ1v) is 7.74. The van der Waals surface area contributed by atoms with Crippen LogP contribution in [-0.2, 0) is 0 Å². The number of nitrogens with zero attached hydrogens (tertiary/aromatic N) is 2. The van der Waals surface area contributed by atoms with Crippen LogP contribution in [0.4, 0.5) is 0 Å². The monoisotopic (exact) mass is 309 g/mol. The zero-order valence-electron chi connectivity index (χ0n) is 13.0. The molecule has 1 aromatic carbocycles. The number of aromatic nitrogens is 2. The predicted molar refractivity (Wildman–Crippen MR) is 95.3 cm³/mol. The van der Waals surface area contributed by atoms with Crippen molar-refractivity contribution in [3.63, 3.8) is 0 Å². The summed E-state index contributed by atoms with van der Waals surface area (Å²) in [5.41, 5.74) is 12.5. The maximum absolute atomic E-state index is 5.91. The minimum absolute atomic E-state index is 0.0380. The van der Waals surface area contributed by atoms with Gasteiger partial charge in [-0.2, -0.15) is 0 Å². The number of nitrogens with two attached hydrogens (primary N) is 1. The van der Waals surface area contributed by atoms with E-state index in [2.05, 4.69) is 36.4 Å². The molecule has 0 spiro atoms. The second-order valence-electron chi connectivity index (χ2n) is 5.70. The molecule has 3 rings (SSSR count). The lowest BCUT2D eigenvalue weighted by Crippen LogP contribution is -2.18. The van der Waals surface area contributed by atoms with E-state index in [1.807, 2.05) is 31.3 Å². The SMILES string of the molecule is Cc1ccc(-c2nc3ccccn3c2C(C)C(N)=S)cc1C. The molecule has 3 aromatic rings. The third-order valence-corrected chi connectivity index (χ3v) is 4.54. The van der Waals surface area contributed by atoms with Crippen molar-refractivity contribution in [3.8, 4) is 11.3 Å². The molecule has 0 radical (unpaired) electrons. The molecule has 0 saturated carbocycles. The van der Waals surface area contributed by atoms with E-state index in [9.17, 15) is 0 Å². The average molecular weight is 309 g/mol. The van der Waals surface area contributed by atoms with Gasteiger partial charge in [0.25, 0.3) is 0 Å². The summed E-state index contributed by atoms with van der Waals surface area (Å²) >= 11 is 5.22. The van der Waals surface area contributed by atoms with E-state index in [4.69, 9.17) is 22.9 Å². The van der Waals surface area contributed by atoms with Gasteiger partial charge in [0.05, 0.1) is 16.4 Å². The average Bonchev–Trinajstić information content (AvgIpc) is 2.88. The van der Waals surface area contributed by atoms with Crippen LogP contribution in [0.2, 0.25) is 0 Å².